The number of likely N-dealkylation sites (N-methyl/N-ethyl adjacent to an activating group) is 1. The second kappa shape index (κ2) is 10.5. The number of alkyl halides is 17. The van der Waals surface area contributed by atoms with Crippen molar-refractivity contribution in [1.82, 2.24) is 4.31 Å². The number of esters is 1. The van der Waals surface area contributed by atoms with Gasteiger partial charge in [0.25, 0.3) is 0 Å². The van der Waals surface area contributed by atoms with Gasteiger partial charge in [0.1, 0.15) is 0 Å². The zero-order valence-corrected chi connectivity index (χ0v) is 19.4. The summed E-state index contributed by atoms with van der Waals surface area (Å²) in [6.45, 7) is -2.18. The average molecular weight is 661 g/mol. The lowest BCUT2D eigenvalue weighted by atomic mass is 9.91. The van der Waals surface area contributed by atoms with Crippen LogP contribution in [0.1, 0.15) is 13.8 Å². The molecular weight excluding hydrogens is 651 g/mol. The fraction of sp³-hybridized carbons (Fsp3) is 0.800. The topological polar surface area (TPSA) is 63.7 Å². The van der Waals surface area contributed by atoms with E-state index in [1.807, 2.05) is 0 Å². The first kappa shape index (κ1) is 37.6. The monoisotopic (exact) mass is 661 g/mol. The molecule has 0 bridgehead atoms. The van der Waals surface area contributed by atoms with Crippen LogP contribution in [0.5, 0.6) is 0 Å². The van der Waals surface area contributed by atoms with Crippen molar-refractivity contribution >= 4 is 16.0 Å². The van der Waals surface area contributed by atoms with Gasteiger partial charge < -0.3 is 4.74 Å². The van der Waals surface area contributed by atoms with Crippen LogP contribution >= 0.6 is 0 Å². The van der Waals surface area contributed by atoms with Gasteiger partial charge in [0, 0.05) is 6.54 Å². The molecule has 0 N–H and O–H groups in total. The van der Waals surface area contributed by atoms with Gasteiger partial charge in [0.05, 0.1) is 6.61 Å². The predicted octanol–water partition coefficient (Wildman–Crippen LogP) is 6.28. The minimum Gasteiger partial charge on any atom is -0.461 e. The summed E-state index contributed by atoms with van der Waals surface area (Å²) < 4.78 is 279. The number of sulfonamides is 1. The molecule has 0 radical (unpaired) electrons. The van der Waals surface area contributed by atoms with Crippen molar-refractivity contribution in [2.45, 2.75) is 60.8 Å². The van der Waals surface area contributed by atoms with Gasteiger partial charge in [-0.15, -0.1) is 0 Å². The van der Waals surface area contributed by atoms with E-state index in [4.69, 9.17) is 0 Å². The lowest BCUT2D eigenvalue weighted by molar-refractivity contribution is -0.458. The van der Waals surface area contributed by atoms with Crippen LogP contribution in [0, 0.1) is 0 Å². The molecule has 0 aromatic rings. The summed E-state index contributed by atoms with van der Waals surface area (Å²) in [5.74, 6) is -55.8. The standard InChI is InChI=1S/C15H10F19NO4S/c1-3-35(5(6(16)17)7(36)39-4-2)40(37,38)15(33,34)13(28,29)11(24,25)9(20,21)8(18,19)10(22,23)12(26,27)14(30,31)32/h3-4H2,1-2H3. The Bertz CT molecular complexity index is 1090. The zero-order chi connectivity index (χ0) is 32.9. The van der Waals surface area contributed by atoms with Crippen molar-refractivity contribution in [3.05, 3.63) is 11.8 Å². The fourth-order valence-electron chi connectivity index (χ4n) is 2.37. The largest absolute Gasteiger partial charge is 0.461 e. The van der Waals surface area contributed by atoms with E-state index >= 15 is 0 Å². The van der Waals surface area contributed by atoms with Crippen LogP contribution in [0.15, 0.2) is 11.8 Å². The van der Waals surface area contributed by atoms with Gasteiger partial charge in [-0.2, -0.15) is 91.8 Å². The molecule has 238 valence electrons. The molecule has 5 nitrogen and oxygen atoms in total. The summed E-state index contributed by atoms with van der Waals surface area (Å²) in [4.78, 5) is 11.5. The third-order valence-corrected chi connectivity index (χ3v) is 6.42. The molecular formula is C15H10F19NO4S. The minimum atomic E-state index is -9.09. The molecule has 25 heteroatoms. The Kier molecular flexibility index (Phi) is 9.85. The lowest BCUT2D eigenvalue weighted by Gasteiger charge is -2.43. The van der Waals surface area contributed by atoms with Gasteiger partial charge in [-0.3, -0.25) is 4.31 Å². The number of halogens is 19. The maximum atomic E-state index is 14.3. The molecule has 0 spiro atoms. The highest BCUT2D eigenvalue weighted by Crippen LogP contribution is 2.64. The first-order chi connectivity index (χ1) is 17.3. The van der Waals surface area contributed by atoms with Crippen molar-refractivity contribution in [3.8, 4) is 0 Å². The highest BCUT2D eigenvalue weighted by molar-refractivity contribution is 7.90. The molecule has 0 saturated heterocycles. The van der Waals surface area contributed by atoms with Gasteiger partial charge in [-0.25, -0.2) is 4.79 Å². The summed E-state index contributed by atoms with van der Waals surface area (Å²) in [5, 5.41) is -8.12. The summed E-state index contributed by atoms with van der Waals surface area (Å²) in [5.41, 5.74) is -2.96. The number of rotatable bonds is 12. The van der Waals surface area contributed by atoms with Crippen LogP contribution in [0.4, 0.5) is 83.4 Å². The van der Waals surface area contributed by atoms with E-state index in [0.717, 1.165) is 6.92 Å². The van der Waals surface area contributed by atoms with Crippen molar-refractivity contribution in [2.75, 3.05) is 13.2 Å². The van der Waals surface area contributed by atoms with Crippen molar-refractivity contribution < 1.29 is 101 Å². The smallest absolute Gasteiger partial charge is 0.460 e. The lowest BCUT2D eigenvalue weighted by Crippen LogP contribution is -2.75. The predicted molar refractivity (Wildman–Crippen MR) is 87.9 cm³/mol. The number of carbonyl (C=O) groups is 1. The Hall–Kier alpha value is -2.37. The van der Waals surface area contributed by atoms with E-state index in [9.17, 15) is 96.6 Å². The Labute approximate surface area is 208 Å². The maximum absolute atomic E-state index is 14.3. The Morgan fingerprint density at radius 3 is 1.23 bits per heavy atom. The van der Waals surface area contributed by atoms with Gasteiger partial charge in [-0.05, 0) is 13.8 Å². The Morgan fingerprint density at radius 2 is 0.950 bits per heavy atom. The molecule has 0 rings (SSSR count). The van der Waals surface area contributed by atoms with Crippen LogP contribution in [-0.4, -0.2) is 78.8 Å². The van der Waals surface area contributed by atoms with Gasteiger partial charge >= 0.3 is 69.0 Å². The molecule has 0 fully saturated rings. The van der Waals surface area contributed by atoms with E-state index in [-0.39, 0.29) is 6.92 Å². The Morgan fingerprint density at radius 1 is 0.625 bits per heavy atom. The second-order valence-electron chi connectivity index (χ2n) is 6.96. The summed E-state index contributed by atoms with van der Waals surface area (Å²) >= 11 is 0. The third kappa shape index (κ3) is 4.98. The van der Waals surface area contributed by atoms with Crippen molar-refractivity contribution in [2.24, 2.45) is 0 Å². The number of carbonyl (C=O) groups excluding carboxylic acids is 1. The molecule has 0 aliphatic rings. The van der Waals surface area contributed by atoms with E-state index in [1.165, 1.54) is 0 Å². The van der Waals surface area contributed by atoms with Crippen LogP contribution in [0.25, 0.3) is 0 Å². The average Bonchev–Trinajstić information content (AvgIpc) is 2.74. The van der Waals surface area contributed by atoms with E-state index in [1.54, 1.807) is 0 Å². The number of nitrogens with zero attached hydrogens (tertiary/aromatic N) is 1. The van der Waals surface area contributed by atoms with Crippen LogP contribution in [0.3, 0.4) is 0 Å². The zero-order valence-electron chi connectivity index (χ0n) is 18.6. The number of ether oxygens (including phenoxy) is 1. The molecule has 40 heavy (non-hydrogen) atoms. The normalized spacial score (nSPS) is 15.1. The van der Waals surface area contributed by atoms with Crippen molar-refractivity contribution in [3.63, 3.8) is 0 Å². The molecule has 0 atom stereocenters. The van der Waals surface area contributed by atoms with Gasteiger partial charge in [0.15, 0.2) is 0 Å². The van der Waals surface area contributed by atoms with Gasteiger partial charge in [0.2, 0.25) is 5.70 Å². The summed E-state index contributed by atoms with van der Waals surface area (Å²) in [7, 11) is -8.15. The highest BCUT2D eigenvalue weighted by Gasteiger charge is 2.96. The molecule has 0 heterocycles. The third-order valence-electron chi connectivity index (χ3n) is 4.49. The van der Waals surface area contributed by atoms with E-state index < -0.39 is 92.2 Å². The number of hydrogen-bond acceptors (Lipinski definition) is 4. The molecule has 0 unspecified atom stereocenters. The Balaban J connectivity index is 7.33. The quantitative estimate of drug-likeness (QED) is 0.141. The molecule has 0 aliphatic carbocycles. The molecule has 0 aliphatic heterocycles. The molecule has 0 aromatic heterocycles. The van der Waals surface area contributed by atoms with Crippen LogP contribution in [-0.2, 0) is 19.6 Å². The SMILES string of the molecule is CCOC(=O)C(=C(F)F)N(CC)S(=O)(=O)C(F)(F)C(F)(F)C(F)(F)C(F)(F)C(F)(F)C(F)(F)C(F)(F)C(F)(F)F. The van der Waals surface area contributed by atoms with Crippen LogP contribution in [0.2, 0.25) is 0 Å². The number of hydrogen-bond donors (Lipinski definition) is 0. The molecule has 0 amide bonds. The first-order valence-corrected chi connectivity index (χ1v) is 10.7. The summed E-state index contributed by atoms with van der Waals surface area (Å²) in [6, 6.07) is 0. The maximum Gasteiger partial charge on any atom is 0.460 e. The van der Waals surface area contributed by atoms with Crippen LogP contribution < -0.4 is 0 Å². The van der Waals surface area contributed by atoms with E-state index in [2.05, 4.69) is 4.74 Å². The fourth-order valence-corrected chi connectivity index (χ4v) is 3.82. The molecule has 0 saturated carbocycles. The highest BCUT2D eigenvalue weighted by atomic mass is 32.2. The first-order valence-electron chi connectivity index (χ1n) is 9.21. The van der Waals surface area contributed by atoms with Gasteiger partial charge in [-0.1, -0.05) is 0 Å². The minimum absolute atomic E-state index is 0.120. The molecule has 0 aromatic carbocycles. The second-order valence-corrected chi connectivity index (χ2v) is 8.86. The van der Waals surface area contributed by atoms with E-state index in [0.29, 0.717) is 0 Å². The van der Waals surface area contributed by atoms with Crippen molar-refractivity contribution in [1.29, 1.82) is 0 Å². The summed E-state index contributed by atoms with van der Waals surface area (Å²) in [6.07, 6.45) is -11.7.